The van der Waals surface area contributed by atoms with Crippen molar-refractivity contribution in [3.63, 3.8) is 0 Å². The fourth-order valence-corrected chi connectivity index (χ4v) is 4.52. The summed E-state index contributed by atoms with van der Waals surface area (Å²) in [7, 11) is 1.83. The van der Waals surface area contributed by atoms with Gasteiger partial charge in [-0.3, -0.25) is 4.68 Å². The molecule has 9 heteroatoms. The summed E-state index contributed by atoms with van der Waals surface area (Å²) in [5.41, 5.74) is 3.52. The number of fused-ring (bicyclic) bond motifs is 3. The third kappa shape index (κ3) is 4.33. The number of benzene rings is 2. The van der Waals surface area contributed by atoms with Crippen LogP contribution in [0.1, 0.15) is 20.8 Å². The first-order valence-electron chi connectivity index (χ1n) is 9.61. The molecule has 2 heterocycles. The zero-order chi connectivity index (χ0) is 22.8. The zero-order valence-corrected chi connectivity index (χ0v) is 17.7. The second kappa shape index (κ2) is 8.80. The third-order valence-electron chi connectivity index (χ3n) is 4.92. The van der Waals surface area contributed by atoms with Crippen LogP contribution in [0.15, 0.2) is 54.7 Å². The van der Waals surface area contributed by atoms with Gasteiger partial charge in [0.15, 0.2) is 5.06 Å². The monoisotopic (exact) mass is 456 g/mol. The molecule has 164 valence electrons. The number of carboxylic acid groups (broad SMARTS) is 1. The lowest BCUT2D eigenvalue weighted by atomic mass is 9.92. The highest BCUT2D eigenvalue weighted by Gasteiger charge is 2.31. The van der Waals surface area contributed by atoms with Crippen molar-refractivity contribution >= 4 is 17.3 Å². The van der Waals surface area contributed by atoms with Gasteiger partial charge in [0.05, 0.1) is 17.5 Å². The minimum atomic E-state index is -0.962. The number of carboxylic acids is 1. The summed E-state index contributed by atoms with van der Waals surface area (Å²) in [5, 5.41) is 22.9. The summed E-state index contributed by atoms with van der Waals surface area (Å²) >= 11 is 1.10. The number of hydrogen-bond donors (Lipinski definition) is 2. The molecule has 0 bridgehead atoms. The standard InChI is InChI=1S/C17H13FN2O3S.C6H5FO/c1-20-14-9(8-19-20)2-7-12-13(14)17(24-15(12)16(21)22)23-11-5-3-10(18)4-6-11;7-5-1-3-6(8)4-2-5/h3-6,8H,2,7H2,1H3,(H,21,22);1-4,8H. The van der Waals surface area contributed by atoms with E-state index in [-0.39, 0.29) is 22.3 Å². The fraction of sp³-hybridized carbons (Fsp3) is 0.130. The van der Waals surface area contributed by atoms with Gasteiger partial charge in [0.25, 0.3) is 0 Å². The first-order chi connectivity index (χ1) is 15.3. The van der Waals surface area contributed by atoms with Gasteiger partial charge < -0.3 is 14.9 Å². The number of aromatic nitrogens is 2. The van der Waals surface area contributed by atoms with Crippen LogP contribution in [0, 0.1) is 11.6 Å². The molecule has 0 spiro atoms. The highest BCUT2D eigenvalue weighted by Crippen LogP contribution is 2.48. The number of phenols is 1. The van der Waals surface area contributed by atoms with Crippen LogP contribution in [0.3, 0.4) is 0 Å². The number of phenolic OH excluding ortho intramolecular Hbond substituents is 1. The molecule has 0 saturated carbocycles. The predicted octanol–water partition coefficient (Wildman–Crippen LogP) is 5.41. The van der Waals surface area contributed by atoms with E-state index in [4.69, 9.17) is 9.84 Å². The molecular formula is C23H18F2N2O4S. The Morgan fingerprint density at radius 3 is 2.28 bits per heavy atom. The second-order valence-corrected chi connectivity index (χ2v) is 8.03. The first kappa shape index (κ1) is 21.5. The molecule has 2 aromatic heterocycles. The van der Waals surface area contributed by atoms with Crippen LogP contribution in [-0.2, 0) is 19.9 Å². The minimum absolute atomic E-state index is 0.0893. The molecular weight excluding hydrogens is 438 g/mol. The molecule has 0 saturated heterocycles. The van der Waals surface area contributed by atoms with Crippen molar-refractivity contribution in [2.24, 2.45) is 7.05 Å². The van der Waals surface area contributed by atoms with Crippen molar-refractivity contribution in [1.29, 1.82) is 0 Å². The second-order valence-electron chi connectivity index (χ2n) is 7.05. The molecule has 5 rings (SSSR count). The number of halogens is 2. The van der Waals surface area contributed by atoms with E-state index in [1.165, 1.54) is 48.5 Å². The SMILES string of the molecule is Cn1ncc2c1-c1c(Oc3ccc(F)cc3)sc(C(=O)O)c1CC2.Oc1ccc(F)cc1. The van der Waals surface area contributed by atoms with Crippen LogP contribution in [-0.4, -0.2) is 26.0 Å². The maximum absolute atomic E-state index is 13.1. The van der Waals surface area contributed by atoms with Crippen LogP contribution in [0.25, 0.3) is 11.3 Å². The molecule has 2 aromatic carbocycles. The number of carbonyl (C=O) groups is 1. The summed E-state index contributed by atoms with van der Waals surface area (Å²) in [5.74, 6) is -1.09. The Labute approximate surface area is 186 Å². The van der Waals surface area contributed by atoms with Crippen LogP contribution in [0.4, 0.5) is 8.78 Å². The molecule has 0 unspecified atom stereocenters. The van der Waals surface area contributed by atoms with Crippen molar-refractivity contribution in [3.8, 4) is 27.8 Å². The largest absolute Gasteiger partial charge is 0.508 e. The van der Waals surface area contributed by atoms with Gasteiger partial charge in [-0.2, -0.15) is 5.10 Å². The van der Waals surface area contributed by atoms with Crippen molar-refractivity contribution in [2.45, 2.75) is 12.8 Å². The van der Waals surface area contributed by atoms with E-state index in [1.807, 2.05) is 7.05 Å². The predicted molar refractivity (Wildman–Crippen MR) is 115 cm³/mol. The highest BCUT2D eigenvalue weighted by atomic mass is 32.1. The molecule has 0 atom stereocenters. The molecule has 32 heavy (non-hydrogen) atoms. The van der Waals surface area contributed by atoms with Crippen LogP contribution >= 0.6 is 11.3 Å². The molecule has 0 fully saturated rings. The number of ether oxygens (including phenoxy) is 1. The normalized spacial score (nSPS) is 11.7. The Kier molecular flexibility index (Phi) is 5.91. The molecule has 2 N–H and O–H groups in total. The van der Waals surface area contributed by atoms with Gasteiger partial charge in [-0.25, -0.2) is 13.6 Å². The van der Waals surface area contributed by atoms with Gasteiger partial charge >= 0.3 is 5.97 Å². The molecule has 1 aliphatic carbocycles. The Bertz CT molecular complexity index is 1240. The maximum Gasteiger partial charge on any atom is 0.346 e. The smallest absolute Gasteiger partial charge is 0.346 e. The summed E-state index contributed by atoms with van der Waals surface area (Å²) < 4.78 is 32.7. The number of aryl methyl sites for hydroxylation is 2. The quantitative estimate of drug-likeness (QED) is 0.431. The van der Waals surface area contributed by atoms with E-state index >= 15 is 0 Å². The Balaban J connectivity index is 0.000000260. The minimum Gasteiger partial charge on any atom is -0.508 e. The average molecular weight is 456 g/mol. The van der Waals surface area contributed by atoms with Crippen molar-refractivity contribution < 1.29 is 28.5 Å². The summed E-state index contributed by atoms with van der Waals surface area (Å²) in [4.78, 5) is 11.9. The fourth-order valence-electron chi connectivity index (χ4n) is 3.46. The lowest BCUT2D eigenvalue weighted by Gasteiger charge is -2.16. The van der Waals surface area contributed by atoms with Crippen molar-refractivity contribution in [2.75, 3.05) is 0 Å². The van der Waals surface area contributed by atoms with Gasteiger partial charge in [-0.15, -0.1) is 0 Å². The number of aromatic hydroxyl groups is 1. The Morgan fingerprint density at radius 2 is 1.69 bits per heavy atom. The number of rotatable bonds is 3. The van der Waals surface area contributed by atoms with Gasteiger partial charge in [-0.05, 0) is 72.5 Å². The number of aromatic carboxylic acids is 1. The van der Waals surface area contributed by atoms with Gasteiger partial charge in [0.1, 0.15) is 28.0 Å². The lowest BCUT2D eigenvalue weighted by Crippen LogP contribution is -2.08. The van der Waals surface area contributed by atoms with Crippen LogP contribution in [0.2, 0.25) is 0 Å². The van der Waals surface area contributed by atoms with Gasteiger partial charge in [-0.1, -0.05) is 11.3 Å². The Hall–Kier alpha value is -3.72. The van der Waals surface area contributed by atoms with E-state index < -0.39 is 5.97 Å². The van der Waals surface area contributed by atoms with Crippen LogP contribution in [0.5, 0.6) is 16.6 Å². The lowest BCUT2D eigenvalue weighted by molar-refractivity contribution is 0.0701. The summed E-state index contributed by atoms with van der Waals surface area (Å²) in [6, 6.07) is 10.7. The average Bonchev–Trinajstić information content (AvgIpc) is 3.33. The van der Waals surface area contributed by atoms with Gasteiger partial charge in [0.2, 0.25) is 0 Å². The molecule has 1 aliphatic rings. The van der Waals surface area contributed by atoms with Crippen molar-refractivity contribution in [1.82, 2.24) is 9.78 Å². The van der Waals surface area contributed by atoms with Crippen molar-refractivity contribution in [3.05, 3.63) is 82.4 Å². The topological polar surface area (TPSA) is 84.6 Å². The van der Waals surface area contributed by atoms with Gasteiger partial charge in [0, 0.05) is 7.05 Å². The Morgan fingerprint density at radius 1 is 1.06 bits per heavy atom. The van der Waals surface area contributed by atoms with E-state index in [9.17, 15) is 18.7 Å². The van der Waals surface area contributed by atoms with E-state index in [0.29, 0.717) is 17.2 Å². The zero-order valence-electron chi connectivity index (χ0n) is 16.9. The third-order valence-corrected chi connectivity index (χ3v) is 6.01. The maximum atomic E-state index is 13.1. The molecule has 6 nitrogen and oxygen atoms in total. The molecule has 0 radical (unpaired) electrons. The van der Waals surface area contributed by atoms with E-state index in [1.54, 1.807) is 10.9 Å². The number of thiophene rings is 1. The molecule has 4 aromatic rings. The summed E-state index contributed by atoms with van der Waals surface area (Å²) in [6.45, 7) is 0. The number of nitrogens with zero attached hydrogens (tertiary/aromatic N) is 2. The van der Waals surface area contributed by atoms with Crippen LogP contribution < -0.4 is 4.74 Å². The first-order valence-corrected chi connectivity index (χ1v) is 10.4. The highest BCUT2D eigenvalue weighted by molar-refractivity contribution is 7.16. The summed E-state index contributed by atoms with van der Waals surface area (Å²) in [6.07, 6.45) is 3.19. The number of hydrogen-bond acceptors (Lipinski definition) is 5. The van der Waals surface area contributed by atoms with E-state index in [0.717, 1.165) is 40.1 Å². The molecule has 0 amide bonds. The molecule has 0 aliphatic heterocycles. The van der Waals surface area contributed by atoms with E-state index in [2.05, 4.69) is 5.10 Å².